The average molecular weight is 453 g/mol. The van der Waals surface area contributed by atoms with Gasteiger partial charge in [-0.15, -0.1) is 0 Å². The number of ether oxygens (including phenoxy) is 3. The highest BCUT2D eigenvalue weighted by Crippen LogP contribution is 2.51. The van der Waals surface area contributed by atoms with Gasteiger partial charge < -0.3 is 19.3 Å². The van der Waals surface area contributed by atoms with E-state index in [1.54, 1.807) is 0 Å². The zero-order valence-electron chi connectivity index (χ0n) is 17.3. The summed E-state index contributed by atoms with van der Waals surface area (Å²) in [7, 11) is 2.62. The monoisotopic (exact) mass is 452 g/mol. The first-order chi connectivity index (χ1) is 14.5. The number of Topliss-reactive ketones (excluding diaryl/α,β-unsaturated/α-hetero) is 1. The summed E-state index contributed by atoms with van der Waals surface area (Å²) in [5, 5.41) is 9.47. The number of hydrogen-bond acceptors (Lipinski definition) is 8. The number of fused-ring (bicyclic) bond motifs is 1. The predicted octanol–water partition coefficient (Wildman–Crippen LogP) is 1.09. The van der Waals surface area contributed by atoms with Crippen molar-refractivity contribution >= 4 is 35.0 Å². The van der Waals surface area contributed by atoms with E-state index in [0.29, 0.717) is 0 Å². The Morgan fingerprint density at radius 3 is 2.48 bits per heavy atom. The van der Waals surface area contributed by atoms with Crippen molar-refractivity contribution in [3.05, 3.63) is 34.1 Å². The molecular weight excluding hydrogens is 432 g/mol. The van der Waals surface area contributed by atoms with E-state index in [1.165, 1.54) is 40.2 Å². The highest BCUT2D eigenvalue weighted by Gasteiger charge is 2.56. The molecule has 1 aromatic carbocycles. The maximum Gasteiger partial charge on any atom is 0.271 e. The van der Waals surface area contributed by atoms with Crippen LogP contribution in [0.2, 0.25) is 5.02 Å². The minimum absolute atomic E-state index is 0.0156. The van der Waals surface area contributed by atoms with Crippen LogP contribution in [0.3, 0.4) is 0 Å². The van der Waals surface area contributed by atoms with Gasteiger partial charge >= 0.3 is 0 Å². The van der Waals surface area contributed by atoms with Gasteiger partial charge in [0.25, 0.3) is 11.8 Å². The van der Waals surface area contributed by atoms with E-state index in [0.717, 1.165) is 0 Å². The number of nitrogens with one attached hydrogen (secondary N) is 2. The zero-order chi connectivity index (χ0) is 23.1. The summed E-state index contributed by atoms with van der Waals surface area (Å²) >= 11 is 6.39. The highest BCUT2D eigenvalue weighted by molar-refractivity contribution is 6.37. The molecule has 0 unspecified atom stereocenters. The number of methoxy groups -OCH3 is 2. The molecule has 1 aromatic rings. The number of allylic oxidation sites excluding steroid dienone is 1. The molecule has 0 bridgehead atoms. The molecule has 1 heterocycles. The van der Waals surface area contributed by atoms with Crippen molar-refractivity contribution < 1.29 is 38.5 Å². The summed E-state index contributed by atoms with van der Waals surface area (Å²) in [6.07, 6.45) is 1.29. The number of hydrogen-bond donors (Lipinski definition) is 3. The highest BCUT2D eigenvalue weighted by atomic mass is 35.5. The Bertz CT molecular complexity index is 1030. The summed E-state index contributed by atoms with van der Waals surface area (Å²) in [5.74, 6) is -2.44. The number of benzene rings is 1. The third kappa shape index (κ3) is 3.72. The quantitative estimate of drug-likeness (QED) is 0.576. The lowest BCUT2D eigenvalue weighted by atomic mass is 9.83. The van der Waals surface area contributed by atoms with Crippen LogP contribution in [0.1, 0.15) is 47.4 Å². The number of aliphatic hydroxyl groups is 1. The van der Waals surface area contributed by atoms with Crippen LogP contribution in [0.25, 0.3) is 0 Å². The lowest BCUT2D eigenvalue weighted by Gasteiger charge is -2.31. The number of ketones is 2. The van der Waals surface area contributed by atoms with E-state index in [9.17, 15) is 24.3 Å². The van der Waals surface area contributed by atoms with Crippen LogP contribution >= 0.6 is 11.6 Å². The standard InChI is InChI=1S/C20H21ClN2O8/c1-19(2,28)18(27)23-22-17(26)10-8-11(29-3)13-15(14(10)21)31-20(16(13)25)6-5-9(24)7-12(20)30-4/h7-8,28H,5-6H2,1-4H3,(H,22,26)(H,23,27)/t20-/m0/s1. The first-order valence-electron chi connectivity index (χ1n) is 9.22. The van der Waals surface area contributed by atoms with Crippen LogP contribution in [0, 0.1) is 0 Å². The summed E-state index contributed by atoms with van der Waals surface area (Å²) < 4.78 is 16.5. The smallest absolute Gasteiger partial charge is 0.271 e. The van der Waals surface area contributed by atoms with E-state index in [1.807, 2.05) is 0 Å². The molecule has 0 saturated carbocycles. The largest absolute Gasteiger partial charge is 0.496 e. The van der Waals surface area contributed by atoms with Crippen LogP contribution in [-0.4, -0.2) is 53.9 Å². The van der Waals surface area contributed by atoms with Crippen molar-refractivity contribution in [2.75, 3.05) is 14.2 Å². The third-order valence-corrected chi connectivity index (χ3v) is 5.37. The Kier molecular flexibility index (Phi) is 5.72. The molecule has 0 aromatic heterocycles. The Hall–Kier alpha value is -3.11. The lowest BCUT2D eigenvalue weighted by Crippen LogP contribution is -2.50. The first kappa shape index (κ1) is 22.6. The lowest BCUT2D eigenvalue weighted by molar-refractivity contribution is -0.137. The van der Waals surface area contributed by atoms with E-state index in [2.05, 4.69) is 10.9 Å². The molecule has 3 rings (SSSR count). The number of hydrazine groups is 1. The number of rotatable bonds is 4. The van der Waals surface area contributed by atoms with Crippen molar-refractivity contribution in [2.24, 2.45) is 0 Å². The second-order valence-electron chi connectivity index (χ2n) is 7.55. The number of carbonyl (C=O) groups is 4. The first-order valence-corrected chi connectivity index (χ1v) is 9.60. The second kappa shape index (κ2) is 7.86. The van der Waals surface area contributed by atoms with Gasteiger partial charge in [0.15, 0.2) is 17.3 Å². The molecule has 166 valence electrons. The van der Waals surface area contributed by atoms with Crippen LogP contribution in [0.15, 0.2) is 17.9 Å². The van der Waals surface area contributed by atoms with Gasteiger partial charge in [0.05, 0.1) is 24.8 Å². The van der Waals surface area contributed by atoms with Gasteiger partial charge in [0, 0.05) is 18.9 Å². The van der Waals surface area contributed by atoms with E-state index in [4.69, 9.17) is 25.8 Å². The van der Waals surface area contributed by atoms with Gasteiger partial charge in [-0.2, -0.15) is 0 Å². The molecule has 0 radical (unpaired) electrons. The molecule has 31 heavy (non-hydrogen) atoms. The summed E-state index contributed by atoms with van der Waals surface area (Å²) in [4.78, 5) is 49.5. The Morgan fingerprint density at radius 2 is 1.90 bits per heavy atom. The molecule has 11 heteroatoms. The third-order valence-electron chi connectivity index (χ3n) is 5.00. The molecule has 0 saturated heterocycles. The minimum Gasteiger partial charge on any atom is -0.496 e. The molecule has 3 N–H and O–H groups in total. The fourth-order valence-electron chi connectivity index (χ4n) is 3.31. The minimum atomic E-state index is -1.73. The van der Waals surface area contributed by atoms with Gasteiger partial charge in [-0.05, 0) is 19.9 Å². The van der Waals surface area contributed by atoms with Crippen LogP contribution in [0.5, 0.6) is 11.5 Å². The van der Waals surface area contributed by atoms with Crippen LogP contribution in [-0.2, 0) is 14.3 Å². The fraction of sp³-hybridized carbons (Fsp3) is 0.400. The molecule has 1 spiro atoms. The topological polar surface area (TPSA) is 140 Å². The van der Waals surface area contributed by atoms with Crippen molar-refractivity contribution in [3.8, 4) is 11.5 Å². The molecule has 2 amide bonds. The number of carbonyl (C=O) groups excluding carboxylic acids is 4. The number of amides is 2. The Morgan fingerprint density at radius 1 is 1.23 bits per heavy atom. The average Bonchev–Trinajstić information content (AvgIpc) is 3.01. The van der Waals surface area contributed by atoms with E-state index >= 15 is 0 Å². The molecule has 1 aliphatic heterocycles. The maximum absolute atomic E-state index is 13.3. The van der Waals surface area contributed by atoms with Crippen molar-refractivity contribution in [3.63, 3.8) is 0 Å². The van der Waals surface area contributed by atoms with Crippen molar-refractivity contribution in [1.82, 2.24) is 10.9 Å². The molecule has 0 fully saturated rings. The molecule has 10 nitrogen and oxygen atoms in total. The molecule has 1 aliphatic carbocycles. The zero-order valence-corrected chi connectivity index (χ0v) is 18.0. The van der Waals surface area contributed by atoms with Crippen LogP contribution < -0.4 is 20.3 Å². The maximum atomic E-state index is 13.3. The van der Waals surface area contributed by atoms with E-state index < -0.39 is 28.8 Å². The second-order valence-corrected chi connectivity index (χ2v) is 7.93. The fourth-order valence-corrected chi connectivity index (χ4v) is 3.59. The molecule has 2 aliphatic rings. The SMILES string of the molecule is COC1=CC(=O)CC[C@]12Oc1c(Cl)c(C(=O)NNC(=O)C(C)(C)O)cc(OC)c1C2=O. The predicted molar refractivity (Wildman–Crippen MR) is 107 cm³/mol. The van der Waals surface area contributed by atoms with Crippen molar-refractivity contribution in [2.45, 2.75) is 37.9 Å². The molecule has 1 atom stereocenters. The Labute approximate surface area is 182 Å². The summed E-state index contributed by atoms with van der Waals surface area (Å²) in [6, 6.07) is 1.23. The van der Waals surface area contributed by atoms with Gasteiger partial charge in [0.1, 0.15) is 16.9 Å². The summed E-state index contributed by atoms with van der Waals surface area (Å²) in [5.41, 5.74) is 0.767. The van der Waals surface area contributed by atoms with Crippen molar-refractivity contribution in [1.29, 1.82) is 0 Å². The summed E-state index contributed by atoms with van der Waals surface area (Å²) in [6.45, 7) is 2.49. The van der Waals surface area contributed by atoms with Gasteiger partial charge in [-0.3, -0.25) is 30.0 Å². The normalized spacial score (nSPS) is 20.0. The van der Waals surface area contributed by atoms with E-state index in [-0.39, 0.29) is 52.0 Å². The van der Waals surface area contributed by atoms with Gasteiger partial charge in [-0.25, -0.2) is 0 Å². The van der Waals surface area contributed by atoms with Crippen LogP contribution in [0.4, 0.5) is 0 Å². The molecular formula is C20H21ClN2O8. The van der Waals surface area contributed by atoms with Gasteiger partial charge in [-0.1, -0.05) is 11.6 Å². The van der Waals surface area contributed by atoms with Gasteiger partial charge in [0.2, 0.25) is 11.4 Å². The Balaban J connectivity index is 2.01. The number of halogens is 1.